The first-order valence-electron chi connectivity index (χ1n) is 7.20. The predicted molar refractivity (Wildman–Crippen MR) is 98.2 cm³/mol. The van der Waals surface area contributed by atoms with E-state index in [1.165, 1.54) is 25.1 Å². The Hall–Kier alpha value is -1.90. The minimum atomic E-state index is -3.90. The number of anilines is 2. The van der Waals surface area contributed by atoms with Gasteiger partial charge in [-0.15, -0.1) is 0 Å². The molecule has 2 aromatic rings. The Bertz CT molecular complexity index is 934. The highest BCUT2D eigenvalue weighted by atomic mass is 35.5. The molecule has 0 radical (unpaired) electrons. The van der Waals surface area contributed by atoms with E-state index >= 15 is 0 Å². The maximum atomic E-state index is 13.7. The molecule has 0 saturated heterocycles. The summed E-state index contributed by atoms with van der Waals surface area (Å²) in [6.45, 7) is 1.31. The first-order valence-corrected chi connectivity index (χ1v) is 9.81. The van der Waals surface area contributed by atoms with Crippen LogP contribution in [0.3, 0.4) is 0 Å². The van der Waals surface area contributed by atoms with Gasteiger partial charge in [-0.3, -0.25) is 9.10 Å². The molecule has 1 N–H and O–H groups in total. The van der Waals surface area contributed by atoms with Crippen LogP contribution in [0.5, 0.6) is 0 Å². The third kappa shape index (κ3) is 4.84. The quantitative estimate of drug-likeness (QED) is 0.789. The highest BCUT2D eigenvalue weighted by Crippen LogP contribution is 2.29. The Morgan fingerprint density at radius 1 is 1.12 bits per heavy atom. The van der Waals surface area contributed by atoms with Crippen LogP contribution in [0.4, 0.5) is 20.2 Å². The Balaban J connectivity index is 2.37. The minimum Gasteiger partial charge on any atom is -0.322 e. The van der Waals surface area contributed by atoms with Gasteiger partial charge in [0, 0.05) is 16.1 Å². The fraction of sp³-hybridized carbons (Fsp3) is 0.188. The third-order valence-electron chi connectivity index (χ3n) is 3.38. The fourth-order valence-corrected chi connectivity index (χ4v) is 3.98. The van der Waals surface area contributed by atoms with Crippen LogP contribution in [0.15, 0.2) is 36.4 Å². The molecule has 0 bridgehead atoms. The van der Waals surface area contributed by atoms with Crippen LogP contribution in [-0.4, -0.2) is 26.6 Å². The van der Waals surface area contributed by atoms with E-state index < -0.39 is 33.6 Å². The molecule has 140 valence electrons. The number of hydrogen-bond donors (Lipinski definition) is 1. The van der Waals surface area contributed by atoms with Crippen molar-refractivity contribution in [1.29, 1.82) is 0 Å². The van der Waals surface area contributed by atoms with Crippen molar-refractivity contribution in [1.82, 2.24) is 0 Å². The molecule has 0 fully saturated rings. The molecule has 26 heavy (non-hydrogen) atoms. The van der Waals surface area contributed by atoms with Gasteiger partial charge in [0.1, 0.15) is 17.7 Å². The summed E-state index contributed by atoms with van der Waals surface area (Å²) in [4.78, 5) is 12.4. The van der Waals surface area contributed by atoms with Crippen LogP contribution < -0.4 is 9.62 Å². The lowest BCUT2D eigenvalue weighted by molar-refractivity contribution is -0.116. The summed E-state index contributed by atoms with van der Waals surface area (Å²) in [7, 11) is -3.90. The van der Waals surface area contributed by atoms with Crippen LogP contribution in [0.1, 0.15) is 6.92 Å². The first-order chi connectivity index (χ1) is 12.0. The maximum Gasteiger partial charge on any atom is 0.248 e. The van der Waals surface area contributed by atoms with Crippen LogP contribution in [0.25, 0.3) is 0 Å². The van der Waals surface area contributed by atoms with Gasteiger partial charge in [-0.1, -0.05) is 23.2 Å². The second-order valence-electron chi connectivity index (χ2n) is 5.48. The van der Waals surface area contributed by atoms with E-state index in [0.29, 0.717) is 6.07 Å². The lowest BCUT2D eigenvalue weighted by Gasteiger charge is -2.28. The van der Waals surface area contributed by atoms with Crippen LogP contribution in [0, 0.1) is 11.6 Å². The number of carbonyl (C=O) groups excluding carboxylic acids is 1. The maximum absolute atomic E-state index is 13.7. The zero-order valence-electron chi connectivity index (χ0n) is 13.6. The highest BCUT2D eigenvalue weighted by Gasteiger charge is 2.30. The number of sulfonamides is 1. The number of halogens is 4. The van der Waals surface area contributed by atoms with Gasteiger partial charge >= 0.3 is 0 Å². The first kappa shape index (κ1) is 20.4. The lowest BCUT2D eigenvalue weighted by atomic mass is 10.2. The number of benzene rings is 2. The van der Waals surface area contributed by atoms with Gasteiger partial charge in [0.15, 0.2) is 0 Å². The molecule has 0 aliphatic heterocycles. The van der Waals surface area contributed by atoms with Gasteiger partial charge in [0.25, 0.3) is 0 Å². The van der Waals surface area contributed by atoms with E-state index in [0.717, 1.165) is 22.7 Å². The lowest BCUT2D eigenvalue weighted by Crippen LogP contribution is -2.45. The van der Waals surface area contributed by atoms with Crippen molar-refractivity contribution in [3.63, 3.8) is 0 Å². The molecule has 0 spiro atoms. The molecule has 0 heterocycles. The molecule has 0 saturated carbocycles. The highest BCUT2D eigenvalue weighted by molar-refractivity contribution is 7.92. The smallest absolute Gasteiger partial charge is 0.248 e. The molecule has 0 aliphatic rings. The van der Waals surface area contributed by atoms with Crippen molar-refractivity contribution >= 4 is 50.5 Å². The van der Waals surface area contributed by atoms with Gasteiger partial charge in [0.2, 0.25) is 15.9 Å². The van der Waals surface area contributed by atoms with Crippen LogP contribution >= 0.6 is 23.2 Å². The number of nitrogens with zero attached hydrogens (tertiary/aromatic N) is 1. The molecule has 0 aromatic heterocycles. The van der Waals surface area contributed by atoms with Crippen molar-refractivity contribution in [2.45, 2.75) is 13.0 Å². The van der Waals surface area contributed by atoms with E-state index in [-0.39, 0.29) is 21.4 Å². The summed E-state index contributed by atoms with van der Waals surface area (Å²) >= 11 is 11.8. The molecule has 1 amide bonds. The fourth-order valence-electron chi connectivity index (χ4n) is 2.30. The minimum absolute atomic E-state index is 0.0761. The largest absolute Gasteiger partial charge is 0.322 e. The topological polar surface area (TPSA) is 66.5 Å². The molecule has 0 unspecified atom stereocenters. The molecular formula is C16H14Cl2F2N2O3S. The number of amides is 1. The molecule has 2 rings (SSSR count). The average Bonchev–Trinajstić information content (AvgIpc) is 2.47. The molecule has 5 nitrogen and oxygen atoms in total. The van der Waals surface area contributed by atoms with E-state index in [1.54, 1.807) is 0 Å². The van der Waals surface area contributed by atoms with Crippen molar-refractivity contribution in [3.8, 4) is 0 Å². The number of carbonyl (C=O) groups is 1. The summed E-state index contributed by atoms with van der Waals surface area (Å²) in [5, 5.41) is 2.59. The van der Waals surface area contributed by atoms with Gasteiger partial charge in [-0.2, -0.15) is 0 Å². The Labute approximate surface area is 159 Å². The van der Waals surface area contributed by atoms with Crippen molar-refractivity contribution in [2.75, 3.05) is 15.9 Å². The normalized spacial score (nSPS) is 12.5. The molecule has 10 heteroatoms. The van der Waals surface area contributed by atoms with E-state index in [1.807, 2.05) is 0 Å². The summed E-state index contributed by atoms with van der Waals surface area (Å²) in [5.41, 5.74) is -0.201. The predicted octanol–water partition coefficient (Wildman–Crippen LogP) is 4.06. The van der Waals surface area contributed by atoms with Gasteiger partial charge < -0.3 is 5.32 Å². The van der Waals surface area contributed by atoms with E-state index in [9.17, 15) is 22.0 Å². The van der Waals surface area contributed by atoms with Gasteiger partial charge in [0.05, 0.1) is 17.6 Å². The van der Waals surface area contributed by atoms with E-state index in [4.69, 9.17) is 23.2 Å². The molecule has 2 aromatic carbocycles. The summed E-state index contributed by atoms with van der Waals surface area (Å²) < 4.78 is 51.9. The Morgan fingerprint density at radius 2 is 1.69 bits per heavy atom. The number of nitrogens with one attached hydrogen (secondary N) is 1. The SMILES string of the molecule is C[C@H](C(=O)Nc1ccc(F)cc1F)N(c1cc(Cl)cc(Cl)c1)S(C)(=O)=O. The summed E-state index contributed by atoms with van der Waals surface area (Å²) in [5.74, 6) is -2.61. The number of rotatable bonds is 5. The van der Waals surface area contributed by atoms with E-state index in [2.05, 4.69) is 5.32 Å². The van der Waals surface area contributed by atoms with Crippen molar-refractivity contribution in [3.05, 3.63) is 58.1 Å². The van der Waals surface area contributed by atoms with Gasteiger partial charge in [-0.05, 0) is 37.3 Å². The van der Waals surface area contributed by atoms with Gasteiger partial charge in [-0.25, -0.2) is 17.2 Å². The average molecular weight is 423 g/mol. The summed E-state index contributed by atoms with van der Waals surface area (Å²) in [6.07, 6.45) is 0.907. The Kier molecular flexibility index (Phi) is 6.10. The second-order valence-corrected chi connectivity index (χ2v) is 8.21. The molecular weight excluding hydrogens is 409 g/mol. The second kappa shape index (κ2) is 7.77. The summed E-state index contributed by atoms with van der Waals surface area (Å²) in [6, 6.07) is 5.42. The third-order valence-corrected chi connectivity index (χ3v) is 5.06. The monoisotopic (exact) mass is 422 g/mol. The van der Waals surface area contributed by atoms with Crippen LogP contribution in [0.2, 0.25) is 10.0 Å². The zero-order chi connectivity index (χ0) is 19.6. The zero-order valence-corrected chi connectivity index (χ0v) is 16.0. The number of hydrogen-bond acceptors (Lipinski definition) is 3. The standard InChI is InChI=1S/C16H14Cl2F2N2O3S/c1-9(16(23)21-15-4-3-12(19)8-14(15)20)22(26(2,24)25)13-6-10(17)5-11(18)7-13/h3-9H,1-2H3,(H,21,23)/t9-/m1/s1. The van der Waals surface area contributed by atoms with Crippen LogP contribution in [-0.2, 0) is 14.8 Å². The van der Waals surface area contributed by atoms with Crippen molar-refractivity contribution in [2.24, 2.45) is 0 Å². The molecule has 1 atom stereocenters. The Morgan fingerprint density at radius 3 is 2.19 bits per heavy atom. The van der Waals surface area contributed by atoms with Crippen molar-refractivity contribution < 1.29 is 22.0 Å². The molecule has 0 aliphatic carbocycles.